The van der Waals surface area contributed by atoms with E-state index in [1.54, 1.807) is 0 Å². The summed E-state index contributed by atoms with van der Waals surface area (Å²) in [5, 5.41) is 16.3. The van der Waals surface area contributed by atoms with Crippen LogP contribution in [0.2, 0.25) is 0 Å². The molecular weight excluding hydrogens is 506 g/mol. The van der Waals surface area contributed by atoms with Crippen molar-refractivity contribution in [3.05, 3.63) is 68.1 Å². The van der Waals surface area contributed by atoms with Gasteiger partial charge in [-0.2, -0.15) is 0 Å². The molecule has 0 atom stereocenters. The molecule has 3 aromatic rings. The summed E-state index contributed by atoms with van der Waals surface area (Å²) >= 11 is 0.852. The van der Waals surface area contributed by atoms with Crippen molar-refractivity contribution in [2.75, 3.05) is 39.1 Å². The molecule has 2 amide bonds. The second-order valence-corrected chi connectivity index (χ2v) is 8.40. The quantitative estimate of drug-likeness (QED) is 0.235. The number of nitro groups is 1. The number of nitro benzene ring substituents is 1. The number of hydrogen-bond donors (Lipinski definition) is 2. The molecule has 0 bridgehead atoms. The van der Waals surface area contributed by atoms with Crippen LogP contribution in [0.5, 0.6) is 17.2 Å². The molecule has 3 rings (SSSR count). The van der Waals surface area contributed by atoms with Crippen molar-refractivity contribution in [1.29, 1.82) is 0 Å². The maximum absolute atomic E-state index is 13.1. The molecule has 2 aromatic carbocycles. The molecule has 194 valence electrons. The molecule has 0 fully saturated rings. The van der Waals surface area contributed by atoms with Gasteiger partial charge in [0.25, 0.3) is 17.5 Å². The van der Waals surface area contributed by atoms with E-state index in [4.69, 9.17) is 18.9 Å². The lowest BCUT2D eigenvalue weighted by atomic mass is 10.1. The first-order chi connectivity index (χ1) is 17.6. The van der Waals surface area contributed by atoms with E-state index in [-0.39, 0.29) is 49.4 Å². The van der Waals surface area contributed by atoms with Crippen LogP contribution in [0.15, 0.2) is 36.4 Å². The number of benzene rings is 2. The Hall–Kier alpha value is -4.65. The van der Waals surface area contributed by atoms with E-state index >= 15 is 0 Å². The molecule has 0 radical (unpaired) electrons. The molecule has 1 aromatic heterocycles. The van der Waals surface area contributed by atoms with E-state index in [0.29, 0.717) is 5.75 Å². The van der Waals surface area contributed by atoms with Crippen molar-refractivity contribution in [1.82, 2.24) is 0 Å². The number of carbonyl (C=O) groups is 3. The van der Waals surface area contributed by atoms with E-state index in [2.05, 4.69) is 10.6 Å². The number of esters is 1. The molecule has 0 aliphatic heterocycles. The Bertz CT molecular complexity index is 1360. The molecule has 0 unspecified atom stereocenters. The second-order valence-electron chi connectivity index (χ2n) is 7.38. The Balaban J connectivity index is 1.97. The number of nitrogens with one attached hydrogen (secondary N) is 2. The number of ether oxygens (including phenoxy) is 4. The minimum absolute atomic E-state index is 0.00233. The van der Waals surface area contributed by atoms with Gasteiger partial charge in [0.15, 0.2) is 11.5 Å². The monoisotopic (exact) mass is 529 g/mol. The van der Waals surface area contributed by atoms with Gasteiger partial charge in [0.1, 0.15) is 5.00 Å². The average Bonchev–Trinajstić information content (AvgIpc) is 3.22. The zero-order chi connectivity index (χ0) is 27.3. The lowest BCUT2D eigenvalue weighted by molar-refractivity contribution is -0.384. The number of non-ortho nitro benzene ring substituents is 1. The average molecular weight is 530 g/mol. The minimum atomic E-state index is -0.761. The van der Waals surface area contributed by atoms with Gasteiger partial charge in [0.2, 0.25) is 5.75 Å². The van der Waals surface area contributed by atoms with Crippen LogP contribution >= 0.6 is 11.3 Å². The van der Waals surface area contributed by atoms with E-state index in [1.807, 2.05) is 0 Å². The first-order valence-corrected chi connectivity index (χ1v) is 11.4. The summed E-state index contributed by atoms with van der Waals surface area (Å²) in [4.78, 5) is 49.2. The highest BCUT2D eigenvalue weighted by molar-refractivity contribution is 7.19. The summed E-state index contributed by atoms with van der Waals surface area (Å²) in [5.74, 6) is -1.20. The fraction of sp³-hybridized carbons (Fsp3) is 0.208. The molecule has 0 aliphatic rings. The largest absolute Gasteiger partial charge is 0.493 e. The summed E-state index contributed by atoms with van der Waals surface area (Å²) < 4.78 is 20.7. The molecule has 37 heavy (non-hydrogen) atoms. The van der Waals surface area contributed by atoms with E-state index in [0.717, 1.165) is 11.3 Å². The van der Waals surface area contributed by atoms with Crippen LogP contribution in [-0.4, -0.2) is 51.1 Å². The van der Waals surface area contributed by atoms with Gasteiger partial charge in [-0.05, 0) is 30.7 Å². The maximum Gasteiger partial charge on any atom is 0.341 e. The Kier molecular flexibility index (Phi) is 8.30. The van der Waals surface area contributed by atoms with Crippen LogP contribution in [0.3, 0.4) is 0 Å². The molecule has 0 saturated heterocycles. The van der Waals surface area contributed by atoms with Crippen molar-refractivity contribution in [3.8, 4) is 17.2 Å². The number of anilines is 2. The first kappa shape index (κ1) is 26.9. The highest BCUT2D eigenvalue weighted by Gasteiger charge is 2.27. The van der Waals surface area contributed by atoms with Gasteiger partial charge in [-0.3, -0.25) is 19.7 Å². The van der Waals surface area contributed by atoms with Crippen LogP contribution in [0.1, 0.15) is 36.0 Å². The van der Waals surface area contributed by atoms with E-state index < -0.39 is 22.7 Å². The molecular formula is C24H23N3O9S. The number of thiophene rings is 1. The maximum atomic E-state index is 13.1. The van der Waals surface area contributed by atoms with Gasteiger partial charge in [-0.1, -0.05) is 6.07 Å². The zero-order valence-corrected chi connectivity index (χ0v) is 21.3. The smallest absolute Gasteiger partial charge is 0.341 e. The highest BCUT2D eigenvalue weighted by atomic mass is 32.1. The number of rotatable bonds is 9. The Labute approximate surface area is 215 Å². The van der Waals surface area contributed by atoms with Crippen LogP contribution in [0.25, 0.3) is 0 Å². The fourth-order valence-electron chi connectivity index (χ4n) is 3.44. The van der Waals surface area contributed by atoms with Gasteiger partial charge in [0.05, 0.1) is 43.8 Å². The Morgan fingerprint density at radius 2 is 1.57 bits per heavy atom. The van der Waals surface area contributed by atoms with Crippen molar-refractivity contribution in [2.24, 2.45) is 0 Å². The third-order valence-corrected chi connectivity index (χ3v) is 6.42. The topological polar surface area (TPSA) is 155 Å². The molecule has 2 N–H and O–H groups in total. The molecule has 1 heterocycles. The minimum Gasteiger partial charge on any atom is -0.493 e. The number of nitrogens with zero attached hydrogens (tertiary/aromatic N) is 1. The number of amides is 2. The van der Waals surface area contributed by atoms with Crippen molar-refractivity contribution < 1.29 is 38.3 Å². The van der Waals surface area contributed by atoms with Crippen molar-refractivity contribution in [3.63, 3.8) is 0 Å². The van der Waals surface area contributed by atoms with Crippen molar-refractivity contribution >= 4 is 45.5 Å². The normalized spacial score (nSPS) is 10.3. The van der Waals surface area contributed by atoms with E-state index in [1.165, 1.54) is 71.8 Å². The summed E-state index contributed by atoms with van der Waals surface area (Å²) in [6.07, 6.45) is 0. The van der Waals surface area contributed by atoms with E-state index in [9.17, 15) is 24.5 Å². The summed E-state index contributed by atoms with van der Waals surface area (Å²) in [6, 6.07) is 8.28. The summed E-state index contributed by atoms with van der Waals surface area (Å²) in [6.45, 7) is 1.53. The zero-order valence-electron chi connectivity index (χ0n) is 20.5. The second kappa shape index (κ2) is 11.4. The fourth-order valence-corrected chi connectivity index (χ4v) is 4.52. The lowest BCUT2D eigenvalue weighted by Crippen LogP contribution is -2.15. The van der Waals surface area contributed by atoms with Crippen LogP contribution in [0, 0.1) is 17.0 Å². The summed E-state index contributed by atoms with van der Waals surface area (Å²) in [5.41, 5.74) is 0.389. The van der Waals surface area contributed by atoms with Gasteiger partial charge in [0, 0.05) is 23.4 Å². The Morgan fingerprint density at radius 3 is 2.11 bits per heavy atom. The molecule has 0 aliphatic carbocycles. The number of hydrogen-bond acceptors (Lipinski definition) is 10. The third kappa shape index (κ3) is 5.62. The molecule has 13 heteroatoms. The van der Waals surface area contributed by atoms with Gasteiger partial charge < -0.3 is 29.6 Å². The number of carbonyl (C=O) groups excluding carboxylic acids is 3. The van der Waals surface area contributed by atoms with Gasteiger partial charge >= 0.3 is 5.97 Å². The Morgan fingerprint density at radius 1 is 0.919 bits per heavy atom. The predicted molar refractivity (Wildman–Crippen MR) is 135 cm³/mol. The van der Waals surface area contributed by atoms with Crippen molar-refractivity contribution in [2.45, 2.75) is 6.92 Å². The lowest BCUT2D eigenvalue weighted by Gasteiger charge is -2.14. The SMILES string of the molecule is COC(=O)c1c(NC(=O)c2cc(OC)c(OC)c(OC)c2)sc(C(=O)Nc2cccc([N+](=O)[O-])c2)c1C. The number of methoxy groups -OCH3 is 4. The first-order valence-electron chi connectivity index (χ1n) is 10.5. The standard InChI is InChI=1S/C24H23N3O9S/c1-12-18(24(30)36-5)23(26-21(28)13-9-16(33-2)19(35-4)17(10-13)34-3)37-20(12)22(29)25-14-7-6-8-15(11-14)27(31)32/h6-11H,1-5H3,(H,25,29)(H,26,28). The van der Waals surface area contributed by atoms with Crippen LogP contribution in [0.4, 0.5) is 16.4 Å². The predicted octanol–water partition coefficient (Wildman–Crippen LogP) is 4.28. The van der Waals surface area contributed by atoms with Crippen LogP contribution in [-0.2, 0) is 4.74 Å². The van der Waals surface area contributed by atoms with Crippen LogP contribution < -0.4 is 24.8 Å². The molecule has 0 spiro atoms. The molecule has 0 saturated carbocycles. The highest BCUT2D eigenvalue weighted by Crippen LogP contribution is 2.39. The third-order valence-electron chi connectivity index (χ3n) is 5.21. The van der Waals surface area contributed by atoms with Gasteiger partial charge in [-0.15, -0.1) is 11.3 Å². The van der Waals surface area contributed by atoms with Gasteiger partial charge in [-0.25, -0.2) is 4.79 Å². The summed E-state index contributed by atoms with van der Waals surface area (Å²) in [7, 11) is 5.41. The molecule has 12 nitrogen and oxygen atoms in total.